The maximum atomic E-state index is 11.7. The number of alkyl carbamates (subject to hydrolysis) is 1. The summed E-state index contributed by atoms with van der Waals surface area (Å²) < 4.78 is 6.28. The summed E-state index contributed by atoms with van der Waals surface area (Å²) in [4.78, 5) is 11.7. The summed E-state index contributed by atoms with van der Waals surface area (Å²) in [5, 5.41) is 2.88. The van der Waals surface area contributed by atoms with Crippen LogP contribution in [0.3, 0.4) is 0 Å². The normalized spacial score (nSPS) is 12.9. The summed E-state index contributed by atoms with van der Waals surface area (Å²) >= 11 is 3.40. The van der Waals surface area contributed by atoms with Crippen LogP contribution in [0, 0.1) is 0 Å². The molecule has 1 aromatic rings. The number of halogens is 1. The van der Waals surface area contributed by atoms with Crippen LogP contribution < -0.4 is 5.32 Å². The van der Waals surface area contributed by atoms with E-state index in [2.05, 4.69) is 21.2 Å². The SMILES string of the molecule is CC[C@H](NC(=O)OC(C)(C)C)c1ccc(Br)cc1. The molecule has 1 N–H and O–H groups in total. The van der Waals surface area contributed by atoms with Gasteiger partial charge >= 0.3 is 6.09 Å². The molecule has 0 unspecified atom stereocenters. The quantitative estimate of drug-likeness (QED) is 0.896. The van der Waals surface area contributed by atoms with E-state index in [4.69, 9.17) is 4.74 Å². The number of hydrogen-bond acceptors (Lipinski definition) is 2. The lowest BCUT2D eigenvalue weighted by atomic mass is 10.1. The lowest BCUT2D eigenvalue weighted by Gasteiger charge is -2.23. The molecule has 4 heteroatoms. The Balaban J connectivity index is 2.68. The molecule has 1 rings (SSSR count). The second-order valence-corrected chi connectivity index (χ2v) is 6.07. The minimum atomic E-state index is -0.470. The maximum Gasteiger partial charge on any atom is 0.408 e. The van der Waals surface area contributed by atoms with E-state index in [1.165, 1.54) is 0 Å². The molecular formula is C14H20BrNO2. The molecule has 1 amide bonds. The van der Waals surface area contributed by atoms with Gasteiger partial charge in [0.1, 0.15) is 5.60 Å². The molecule has 0 saturated carbocycles. The monoisotopic (exact) mass is 313 g/mol. The van der Waals surface area contributed by atoms with E-state index in [9.17, 15) is 4.79 Å². The van der Waals surface area contributed by atoms with Crippen molar-refractivity contribution < 1.29 is 9.53 Å². The number of nitrogens with one attached hydrogen (secondary N) is 1. The minimum absolute atomic E-state index is 0.0204. The second-order valence-electron chi connectivity index (χ2n) is 5.16. The number of carbonyl (C=O) groups is 1. The molecule has 0 bridgehead atoms. The summed E-state index contributed by atoms with van der Waals surface area (Å²) in [6, 6.07) is 7.90. The maximum absolute atomic E-state index is 11.7. The van der Waals surface area contributed by atoms with Crippen molar-refractivity contribution in [1.29, 1.82) is 0 Å². The third kappa shape index (κ3) is 5.08. The highest BCUT2D eigenvalue weighted by atomic mass is 79.9. The zero-order valence-corrected chi connectivity index (χ0v) is 12.9. The lowest BCUT2D eigenvalue weighted by molar-refractivity contribution is 0.0502. The van der Waals surface area contributed by atoms with Gasteiger partial charge in [0.05, 0.1) is 6.04 Å². The molecule has 0 fully saturated rings. The van der Waals surface area contributed by atoms with Crippen LogP contribution in [0.2, 0.25) is 0 Å². The van der Waals surface area contributed by atoms with Crippen molar-refractivity contribution in [2.75, 3.05) is 0 Å². The molecule has 100 valence electrons. The average Bonchev–Trinajstić information content (AvgIpc) is 2.25. The van der Waals surface area contributed by atoms with Crippen molar-refractivity contribution in [3.63, 3.8) is 0 Å². The standard InChI is InChI=1S/C14H20BrNO2/c1-5-12(10-6-8-11(15)9-7-10)16-13(17)18-14(2,3)4/h6-9,12H,5H2,1-4H3,(H,16,17)/t12-/m0/s1. The summed E-state index contributed by atoms with van der Waals surface area (Å²) in [5.74, 6) is 0. The van der Waals surface area contributed by atoms with Gasteiger partial charge < -0.3 is 10.1 Å². The van der Waals surface area contributed by atoms with E-state index < -0.39 is 5.60 Å². The van der Waals surface area contributed by atoms with Gasteiger partial charge in [0.2, 0.25) is 0 Å². The molecule has 0 heterocycles. The predicted molar refractivity (Wildman–Crippen MR) is 76.5 cm³/mol. The number of hydrogen-bond donors (Lipinski definition) is 1. The van der Waals surface area contributed by atoms with Crippen molar-refractivity contribution in [3.8, 4) is 0 Å². The van der Waals surface area contributed by atoms with Gasteiger partial charge in [-0.2, -0.15) is 0 Å². The first-order valence-corrected chi connectivity index (χ1v) is 6.86. The molecule has 0 saturated heterocycles. The van der Waals surface area contributed by atoms with E-state index in [1.807, 2.05) is 52.0 Å². The van der Waals surface area contributed by atoms with Gasteiger partial charge in [-0.25, -0.2) is 4.79 Å². The fourth-order valence-electron chi connectivity index (χ4n) is 1.57. The molecule has 1 aromatic carbocycles. The van der Waals surface area contributed by atoms with E-state index in [0.29, 0.717) is 0 Å². The zero-order valence-electron chi connectivity index (χ0n) is 11.3. The topological polar surface area (TPSA) is 38.3 Å². The summed E-state index contributed by atoms with van der Waals surface area (Å²) in [6.07, 6.45) is 0.443. The van der Waals surface area contributed by atoms with Crippen LogP contribution in [0.4, 0.5) is 4.79 Å². The summed E-state index contributed by atoms with van der Waals surface area (Å²) in [7, 11) is 0. The van der Waals surface area contributed by atoms with Crippen LogP contribution in [0.5, 0.6) is 0 Å². The van der Waals surface area contributed by atoms with Gasteiger partial charge in [0.15, 0.2) is 0 Å². The van der Waals surface area contributed by atoms with Crippen molar-refractivity contribution in [2.45, 2.75) is 45.8 Å². The number of benzene rings is 1. The van der Waals surface area contributed by atoms with Gasteiger partial charge in [-0.15, -0.1) is 0 Å². The van der Waals surface area contributed by atoms with Gasteiger partial charge in [-0.05, 0) is 44.9 Å². The lowest BCUT2D eigenvalue weighted by Crippen LogP contribution is -2.34. The highest BCUT2D eigenvalue weighted by molar-refractivity contribution is 9.10. The van der Waals surface area contributed by atoms with Gasteiger partial charge in [-0.1, -0.05) is 35.0 Å². The summed E-state index contributed by atoms with van der Waals surface area (Å²) in [6.45, 7) is 7.59. The predicted octanol–water partition coefficient (Wildman–Crippen LogP) is 4.42. The molecule has 0 spiro atoms. The Morgan fingerprint density at radius 3 is 2.33 bits per heavy atom. The van der Waals surface area contributed by atoms with Crippen LogP contribution in [0.1, 0.15) is 45.7 Å². The number of ether oxygens (including phenoxy) is 1. The van der Waals surface area contributed by atoms with E-state index >= 15 is 0 Å². The van der Waals surface area contributed by atoms with Crippen LogP contribution in [0.15, 0.2) is 28.7 Å². The second kappa shape index (κ2) is 6.23. The Morgan fingerprint density at radius 1 is 1.33 bits per heavy atom. The highest BCUT2D eigenvalue weighted by Crippen LogP contribution is 2.20. The highest BCUT2D eigenvalue weighted by Gasteiger charge is 2.19. The Labute approximate surface area is 117 Å². The van der Waals surface area contributed by atoms with Crippen molar-refractivity contribution in [2.24, 2.45) is 0 Å². The molecule has 0 aliphatic rings. The summed E-state index contributed by atoms with van der Waals surface area (Å²) in [5.41, 5.74) is 0.605. The van der Waals surface area contributed by atoms with Crippen molar-refractivity contribution >= 4 is 22.0 Å². The van der Waals surface area contributed by atoms with Crippen molar-refractivity contribution in [1.82, 2.24) is 5.32 Å². The molecule has 0 radical (unpaired) electrons. The molecular weight excluding hydrogens is 294 g/mol. The Bertz CT molecular complexity index is 395. The molecule has 0 aromatic heterocycles. The zero-order chi connectivity index (χ0) is 13.8. The van der Waals surface area contributed by atoms with Crippen molar-refractivity contribution in [3.05, 3.63) is 34.3 Å². The molecule has 3 nitrogen and oxygen atoms in total. The number of amides is 1. The van der Waals surface area contributed by atoms with E-state index in [1.54, 1.807) is 0 Å². The number of carbonyl (C=O) groups excluding carboxylic acids is 1. The third-order valence-electron chi connectivity index (χ3n) is 2.37. The van der Waals surface area contributed by atoms with E-state index in [-0.39, 0.29) is 12.1 Å². The molecule has 0 aliphatic heterocycles. The van der Waals surface area contributed by atoms with Gasteiger partial charge in [0.25, 0.3) is 0 Å². The minimum Gasteiger partial charge on any atom is -0.444 e. The van der Waals surface area contributed by atoms with E-state index in [0.717, 1.165) is 16.5 Å². The fourth-order valence-corrected chi connectivity index (χ4v) is 1.83. The molecule has 18 heavy (non-hydrogen) atoms. The average molecular weight is 314 g/mol. The molecule has 0 aliphatic carbocycles. The first-order valence-electron chi connectivity index (χ1n) is 6.07. The van der Waals surface area contributed by atoms with Gasteiger partial charge in [-0.3, -0.25) is 0 Å². The fraction of sp³-hybridized carbons (Fsp3) is 0.500. The largest absolute Gasteiger partial charge is 0.444 e. The smallest absolute Gasteiger partial charge is 0.408 e. The number of rotatable bonds is 3. The van der Waals surface area contributed by atoms with Crippen LogP contribution >= 0.6 is 15.9 Å². The Kier molecular flexibility index (Phi) is 5.20. The van der Waals surface area contributed by atoms with Crippen LogP contribution in [0.25, 0.3) is 0 Å². The van der Waals surface area contributed by atoms with Crippen LogP contribution in [-0.2, 0) is 4.74 Å². The van der Waals surface area contributed by atoms with Gasteiger partial charge in [0, 0.05) is 4.47 Å². The third-order valence-corrected chi connectivity index (χ3v) is 2.90. The van der Waals surface area contributed by atoms with Crippen LogP contribution in [-0.4, -0.2) is 11.7 Å². The molecule has 1 atom stereocenters. The first-order chi connectivity index (χ1) is 8.31. The Hall–Kier alpha value is -1.03. The first kappa shape index (κ1) is 15.0. The Morgan fingerprint density at radius 2 is 1.89 bits per heavy atom.